The van der Waals surface area contributed by atoms with Gasteiger partial charge >= 0.3 is 6.36 Å². The van der Waals surface area contributed by atoms with Gasteiger partial charge in [0.15, 0.2) is 5.78 Å². The average molecular weight is 368 g/mol. The summed E-state index contributed by atoms with van der Waals surface area (Å²) in [6.45, 7) is 3.15. The highest BCUT2D eigenvalue weighted by Gasteiger charge is 2.35. The van der Waals surface area contributed by atoms with Gasteiger partial charge in [0.1, 0.15) is 5.75 Å². The second-order valence-corrected chi connectivity index (χ2v) is 6.62. The maximum atomic E-state index is 12.2. The molecule has 140 valence electrons. The number of halogens is 3. The Morgan fingerprint density at radius 2 is 1.73 bits per heavy atom. The first-order chi connectivity index (χ1) is 12.3. The maximum Gasteiger partial charge on any atom is 0.573 e. The molecular weight excluding hydrogens is 349 g/mol. The van der Waals surface area contributed by atoms with Crippen molar-refractivity contribution in [1.82, 2.24) is 9.80 Å². The smallest absolute Gasteiger partial charge is 0.406 e. The molecule has 2 atom stereocenters. The van der Waals surface area contributed by atoms with Crippen molar-refractivity contribution < 1.29 is 27.5 Å². The summed E-state index contributed by atoms with van der Waals surface area (Å²) in [5.74, 6) is 0.280. The molecule has 2 aliphatic rings. The summed E-state index contributed by atoms with van der Waals surface area (Å²) in [6.07, 6.45) is 0.247. The van der Waals surface area contributed by atoms with Crippen molar-refractivity contribution >= 4 is 12.2 Å². The van der Waals surface area contributed by atoms with Crippen LogP contribution in [0.2, 0.25) is 0 Å². The number of piperidine rings is 1. The Bertz CT molecular complexity index is 688. The zero-order valence-corrected chi connectivity index (χ0v) is 14.0. The van der Waals surface area contributed by atoms with Crippen molar-refractivity contribution in [2.45, 2.75) is 12.8 Å². The number of hydrogen-bond acceptors (Lipinski definition) is 4. The topological polar surface area (TPSA) is 49.9 Å². The number of amides is 1. The number of ether oxygens (including phenoxy) is 1. The predicted octanol–water partition coefficient (Wildman–Crippen LogP) is 2.69. The van der Waals surface area contributed by atoms with Gasteiger partial charge in [0.05, 0.1) is 0 Å². The van der Waals surface area contributed by atoms with Gasteiger partial charge in [-0.2, -0.15) is 0 Å². The number of carbonyl (C=O) groups excluding carboxylic acids is 2. The van der Waals surface area contributed by atoms with Crippen LogP contribution in [-0.2, 0) is 4.79 Å². The van der Waals surface area contributed by atoms with Crippen LogP contribution in [0.15, 0.2) is 36.5 Å². The molecule has 2 heterocycles. The molecule has 0 spiro atoms. The van der Waals surface area contributed by atoms with Gasteiger partial charge in [0, 0.05) is 44.0 Å². The molecule has 0 saturated carbocycles. The number of nitrogens with zero attached hydrogens (tertiary/aromatic N) is 2. The quantitative estimate of drug-likeness (QED) is 0.456. The van der Waals surface area contributed by atoms with E-state index in [1.807, 2.05) is 0 Å². The summed E-state index contributed by atoms with van der Waals surface area (Å²) >= 11 is 0. The lowest BCUT2D eigenvalue weighted by Crippen LogP contribution is -2.36. The van der Waals surface area contributed by atoms with E-state index >= 15 is 0 Å². The Morgan fingerprint density at radius 1 is 1.08 bits per heavy atom. The minimum Gasteiger partial charge on any atom is -0.406 e. The zero-order chi connectivity index (χ0) is 18.7. The number of carbonyl (C=O) groups is 2. The number of fused-ring (bicyclic) bond motifs is 1. The largest absolute Gasteiger partial charge is 0.573 e. The van der Waals surface area contributed by atoms with E-state index in [0.29, 0.717) is 17.4 Å². The molecule has 1 amide bonds. The Hall–Kier alpha value is -2.51. The number of allylic oxidation sites excluding steroid dienone is 1. The highest BCUT2D eigenvalue weighted by molar-refractivity contribution is 6.04. The van der Waals surface area contributed by atoms with Crippen LogP contribution in [-0.4, -0.2) is 54.5 Å². The zero-order valence-electron chi connectivity index (χ0n) is 14.0. The Balaban J connectivity index is 1.55. The molecule has 0 aromatic heterocycles. The summed E-state index contributed by atoms with van der Waals surface area (Å²) in [5, 5.41) is 0. The molecule has 0 aliphatic carbocycles. The normalized spacial score (nSPS) is 23.2. The standard InChI is InChI=1S/C18H19F3N2O3/c19-18(20,21)26-16-3-1-13(2-4-16)17(25)6-8-22-7-5-14-9-23(12-24)11-15(14)10-22/h1-4,6,8,12,14-15H,5,7,9-11H2/b8-6+. The minimum absolute atomic E-state index is 0.286. The van der Waals surface area contributed by atoms with Crippen LogP contribution >= 0.6 is 0 Å². The molecule has 2 fully saturated rings. The van der Waals surface area contributed by atoms with Gasteiger partial charge in [-0.15, -0.1) is 13.2 Å². The van der Waals surface area contributed by atoms with Crippen LogP contribution in [0.25, 0.3) is 0 Å². The fourth-order valence-corrected chi connectivity index (χ4v) is 3.54. The van der Waals surface area contributed by atoms with Crippen LogP contribution in [0.5, 0.6) is 5.75 Å². The number of hydrogen-bond donors (Lipinski definition) is 0. The summed E-state index contributed by atoms with van der Waals surface area (Å²) in [7, 11) is 0. The summed E-state index contributed by atoms with van der Waals surface area (Å²) < 4.78 is 40.2. The average Bonchev–Trinajstić information content (AvgIpc) is 3.01. The van der Waals surface area contributed by atoms with Gasteiger partial charge in [-0.1, -0.05) is 0 Å². The van der Waals surface area contributed by atoms with Gasteiger partial charge < -0.3 is 14.5 Å². The van der Waals surface area contributed by atoms with E-state index in [4.69, 9.17) is 0 Å². The third-order valence-corrected chi connectivity index (χ3v) is 4.82. The van der Waals surface area contributed by atoms with Gasteiger partial charge in [0.25, 0.3) is 0 Å². The molecule has 2 saturated heterocycles. The van der Waals surface area contributed by atoms with E-state index in [0.717, 1.165) is 51.1 Å². The van der Waals surface area contributed by atoms with E-state index < -0.39 is 6.36 Å². The predicted molar refractivity (Wildman–Crippen MR) is 87.4 cm³/mol. The number of ketones is 1. The molecule has 1 aromatic rings. The molecule has 2 aliphatic heterocycles. The van der Waals surface area contributed by atoms with Gasteiger partial charge in [-0.05, 0) is 42.5 Å². The number of rotatable bonds is 5. The first-order valence-corrected chi connectivity index (χ1v) is 8.36. The lowest BCUT2D eigenvalue weighted by molar-refractivity contribution is -0.274. The molecule has 5 nitrogen and oxygen atoms in total. The molecule has 0 N–H and O–H groups in total. The molecule has 2 unspecified atom stereocenters. The van der Waals surface area contributed by atoms with Crippen LogP contribution in [0.4, 0.5) is 13.2 Å². The maximum absolute atomic E-state index is 12.2. The first kappa shape index (κ1) is 18.3. The Labute approximate surface area is 149 Å². The molecule has 3 rings (SSSR count). The molecule has 8 heteroatoms. The SMILES string of the molecule is O=CN1CC2CCN(/C=C/C(=O)c3ccc(OC(F)(F)F)cc3)CC2C1. The molecule has 1 aromatic carbocycles. The van der Waals surface area contributed by atoms with Crippen molar-refractivity contribution in [1.29, 1.82) is 0 Å². The monoisotopic (exact) mass is 368 g/mol. The van der Waals surface area contributed by atoms with Crippen LogP contribution in [0.1, 0.15) is 16.8 Å². The van der Waals surface area contributed by atoms with Crippen molar-refractivity contribution in [2.75, 3.05) is 26.2 Å². The third kappa shape index (κ3) is 4.56. The number of alkyl halides is 3. The lowest BCUT2D eigenvalue weighted by Gasteiger charge is -2.33. The Morgan fingerprint density at radius 3 is 2.38 bits per heavy atom. The minimum atomic E-state index is -4.75. The molecule has 0 bridgehead atoms. The highest BCUT2D eigenvalue weighted by Crippen LogP contribution is 2.30. The third-order valence-electron chi connectivity index (χ3n) is 4.82. The van der Waals surface area contributed by atoms with Crippen LogP contribution < -0.4 is 4.74 Å². The summed E-state index contributed by atoms with van der Waals surface area (Å²) in [6, 6.07) is 4.84. The fourth-order valence-electron chi connectivity index (χ4n) is 3.54. The van der Waals surface area contributed by atoms with E-state index in [2.05, 4.69) is 9.64 Å². The van der Waals surface area contributed by atoms with E-state index in [1.54, 1.807) is 11.1 Å². The molecular formula is C18H19F3N2O3. The van der Waals surface area contributed by atoms with Gasteiger partial charge in [-0.3, -0.25) is 9.59 Å². The van der Waals surface area contributed by atoms with Crippen LogP contribution in [0, 0.1) is 11.8 Å². The van der Waals surface area contributed by atoms with E-state index in [-0.39, 0.29) is 11.5 Å². The van der Waals surface area contributed by atoms with Crippen molar-refractivity contribution in [3.05, 3.63) is 42.1 Å². The molecule has 26 heavy (non-hydrogen) atoms. The lowest BCUT2D eigenvalue weighted by atomic mass is 9.89. The number of benzene rings is 1. The van der Waals surface area contributed by atoms with E-state index in [9.17, 15) is 22.8 Å². The van der Waals surface area contributed by atoms with Gasteiger partial charge in [-0.25, -0.2) is 0 Å². The van der Waals surface area contributed by atoms with Crippen molar-refractivity contribution in [3.8, 4) is 5.75 Å². The second-order valence-electron chi connectivity index (χ2n) is 6.62. The van der Waals surface area contributed by atoms with E-state index in [1.165, 1.54) is 18.2 Å². The molecule has 0 radical (unpaired) electrons. The summed E-state index contributed by atoms with van der Waals surface area (Å²) in [5.41, 5.74) is 0.290. The van der Waals surface area contributed by atoms with Gasteiger partial charge in [0.2, 0.25) is 6.41 Å². The first-order valence-electron chi connectivity index (χ1n) is 8.36. The fraction of sp³-hybridized carbons (Fsp3) is 0.444. The Kier molecular flexibility index (Phi) is 5.20. The highest BCUT2D eigenvalue weighted by atomic mass is 19.4. The second kappa shape index (κ2) is 7.39. The van der Waals surface area contributed by atoms with Crippen LogP contribution in [0.3, 0.4) is 0 Å². The van der Waals surface area contributed by atoms with Crippen molar-refractivity contribution in [2.24, 2.45) is 11.8 Å². The summed E-state index contributed by atoms with van der Waals surface area (Å²) in [4.78, 5) is 26.9. The van der Waals surface area contributed by atoms with Crippen molar-refractivity contribution in [3.63, 3.8) is 0 Å². The number of likely N-dealkylation sites (tertiary alicyclic amines) is 2.